The summed E-state index contributed by atoms with van der Waals surface area (Å²) in [5.74, 6) is -3.26. The number of hydrogen-bond acceptors (Lipinski definition) is 4. The molecule has 0 unspecified atom stereocenters. The number of ether oxygens (including phenoxy) is 1. The molecule has 3 N–H and O–H groups in total. The van der Waals surface area contributed by atoms with Crippen LogP contribution in [0.2, 0.25) is 0 Å². The van der Waals surface area contributed by atoms with E-state index in [4.69, 9.17) is 10.8 Å². The van der Waals surface area contributed by atoms with Crippen molar-refractivity contribution in [3.63, 3.8) is 0 Å². The Morgan fingerprint density at radius 2 is 2.00 bits per heavy atom. The van der Waals surface area contributed by atoms with Gasteiger partial charge in [-0.2, -0.15) is 13.2 Å². The number of alkyl halides is 3. The van der Waals surface area contributed by atoms with E-state index >= 15 is 0 Å². The van der Waals surface area contributed by atoms with E-state index in [2.05, 4.69) is 4.74 Å². The first-order valence-electron chi connectivity index (χ1n) is 3.71. The molecule has 0 saturated carbocycles. The van der Waals surface area contributed by atoms with E-state index in [0.717, 1.165) is 0 Å². The monoisotopic (exact) mass is 213 g/mol. The molecule has 0 aliphatic heterocycles. The number of halogens is 3. The third kappa shape index (κ3) is 3.25. The lowest BCUT2D eigenvalue weighted by molar-refractivity contribution is -0.142. The number of esters is 1. The highest BCUT2D eigenvalue weighted by Gasteiger charge is 2.38. The minimum Gasteiger partial charge on any atom is -0.504 e. The smallest absolute Gasteiger partial charge is 0.449 e. The van der Waals surface area contributed by atoms with Gasteiger partial charge in [-0.05, 0) is 6.92 Å². The molecule has 0 rings (SSSR count). The standard InChI is InChI=1S/C7H10F3NO3/c1-2-14-6(13)4(3-11)5(12)7(8,9)10/h12H,2-3,11H2,1H3. The van der Waals surface area contributed by atoms with Gasteiger partial charge in [-0.1, -0.05) is 0 Å². The minimum absolute atomic E-state index is 0.0898. The number of aliphatic hydroxyl groups is 1. The highest BCUT2D eigenvalue weighted by Crippen LogP contribution is 2.25. The van der Waals surface area contributed by atoms with Gasteiger partial charge in [-0.15, -0.1) is 0 Å². The Morgan fingerprint density at radius 1 is 1.50 bits per heavy atom. The van der Waals surface area contributed by atoms with Crippen LogP contribution in [0.1, 0.15) is 6.92 Å². The van der Waals surface area contributed by atoms with Crippen molar-refractivity contribution >= 4 is 5.97 Å². The first-order chi connectivity index (χ1) is 6.34. The molecule has 0 spiro atoms. The van der Waals surface area contributed by atoms with Crippen LogP contribution in [0.25, 0.3) is 0 Å². The Morgan fingerprint density at radius 3 is 2.29 bits per heavy atom. The fourth-order valence-electron chi connectivity index (χ4n) is 0.666. The molecule has 82 valence electrons. The van der Waals surface area contributed by atoms with Crippen molar-refractivity contribution in [1.82, 2.24) is 0 Å². The Bertz CT molecular complexity index is 247. The predicted molar refractivity (Wildman–Crippen MR) is 41.4 cm³/mol. The Kier molecular flexibility index (Phi) is 4.42. The van der Waals surface area contributed by atoms with Crippen LogP contribution in [-0.4, -0.2) is 30.4 Å². The molecular weight excluding hydrogens is 203 g/mol. The van der Waals surface area contributed by atoms with Crippen LogP contribution in [-0.2, 0) is 9.53 Å². The molecule has 7 heteroatoms. The molecule has 0 radical (unpaired) electrons. The van der Waals surface area contributed by atoms with Crippen molar-refractivity contribution in [3.8, 4) is 0 Å². The predicted octanol–water partition coefficient (Wildman–Crippen LogP) is 0.883. The average Bonchev–Trinajstić information content (AvgIpc) is 2.04. The van der Waals surface area contributed by atoms with Crippen LogP contribution < -0.4 is 5.73 Å². The average molecular weight is 213 g/mol. The molecule has 0 amide bonds. The molecule has 0 aromatic carbocycles. The molecule has 0 aromatic heterocycles. The second kappa shape index (κ2) is 4.85. The summed E-state index contributed by atoms with van der Waals surface area (Å²) < 4.78 is 40.0. The first kappa shape index (κ1) is 12.8. The number of carbonyl (C=O) groups excluding carboxylic acids is 1. The van der Waals surface area contributed by atoms with Crippen molar-refractivity contribution in [3.05, 3.63) is 11.3 Å². The zero-order valence-electron chi connectivity index (χ0n) is 7.39. The molecule has 0 heterocycles. The van der Waals surface area contributed by atoms with Gasteiger partial charge in [-0.3, -0.25) is 0 Å². The number of carbonyl (C=O) groups is 1. The third-order valence-electron chi connectivity index (χ3n) is 1.28. The SMILES string of the molecule is CCOC(=O)C(CN)=C(O)C(F)(F)F. The lowest BCUT2D eigenvalue weighted by atomic mass is 10.2. The first-order valence-corrected chi connectivity index (χ1v) is 3.71. The number of hydrogen-bond donors (Lipinski definition) is 2. The Hall–Kier alpha value is -1.24. The van der Waals surface area contributed by atoms with E-state index in [-0.39, 0.29) is 6.61 Å². The molecule has 0 fully saturated rings. The van der Waals surface area contributed by atoms with Crippen LogP contribution in [0.4, 0.5) is 13.2 Å². The highest BCUT2D eigenvalue weighted by atomic mass is 19.4. The number of aliphatic hydroxyl groups excluding tert-OH is 1. The largest absolute Gasteiger partial charge is 0.504 e. The van der Waals surface area contributed by atoms with E-state index < -0.39 is 30.0 Å². The fourth-order valence-corrected chi connectivity index (χ4v) is 0.666. The van der Waals surface area contributed by atoms with E-state index in [1.54, 1.807) is 0 Å². The van der Waals surface area contributed by atoms with Crippen LogP contribution in [0, 0.1) is 0 Å². The van der Waals surface area contributed by atoms with Gasteiger partial charge < -0.3 is 15.6 Å². The quantitative estimate of drug-likeness (QED) is 0.414. The summed E-state index contributed by atoms with van der Waals surface area (Å²) in [6, 6.07) is 0. The van der Waals surface area contributed by atoms with Crippen LogP contribution in [0.5, 0.6) is 0 Å². The summed E-state index contributed by atoms with van der Waals surface area (Å²) in [7, 11) is 0. The normalized spacial score (nSPS) is 13.5. The van der Waals surface area contributed by atoms with Crippen LogP contribution in [0.3, 0.4) is 0 Å². The highest BCUT2D eigenvalue weighted by molar-refractivity contribution is 5.89. The molecule has 14 heavy (non-hydrogen) atoms. The van der Waals surface area contributed by atoms with Crippen molar-refractivity contribution < 1.29 is 27.8 Å². The molecular formula is C7H10F3NO3. The zero-order valence-corrected chi connectivity index (χ0v) is 7.39. The van der Waals surface area contributed by atoms with Crippen molar-refractivity contribution in [2.24, 2.45) is 5.73 Å². The van der Waals surface area contributed by atoms with Gasteiger partial charge in [0.25, 0.3) is 0 Å². The second-order valence-corrected chi connectivity index (χ2v) is 2.25. The van der Waals surface area contributed by atoms with E-state index in [1.165, 1.54) is 6.92 Å². The maximum Gasteiger partial charge on any atom is 0.449 e. The summed E-state index contributed by atoms with van der Waals surface area (Å²) in [6.07, 6.45) is -4.98. The maximum absolute atomic E-state index is 11.9. The topological polar surface area (TPSA) is 72.5 Å². The van der Waals surface area contributed by atoms with Crippen molar-refractivity contribution in [1.29, 1.82) is 0 Å². The van der Waals surface area contributed by atoms with Gasteiger partial charge in [0.15, 0.2) is 0 Å². The Balaban J connectivity index is 4.94. The molecule has 0 bridgehead atoms. The lowest BCUT2D eigenvalue weighted by Crippen LogP contribution is -2.24. The molecule has 0 aromatic rings. The molecule has 0 saturated heterocycles. The maximum atomic E-state index is 11.9. The summed E-state index contributed by atoms with van der Waals surface area (Å²) in [6.45, 7) is 0.605. The van der Waals surface area contributed by atoms with Gasteiger partial charge in [-0.25, -0.2) is 4.79 Å². The van der Waals surface area contributed by atoms with Crippen LogP contribution >= 0.6 is 0 Å². The number of nitrogens with two attached hydrogens (primary N) is 1. The van der Waals surface area contributed by atoms with Crippen molar-refractivity contribution in [2.45, 2.75) is 13.1 Å². The van der Waals surface area contributed by atoms with Crippen molar-refractivity contribution in [2.75, 3.05) is 13.2 Å². The van der Waals surface area contributed by atoms with Gasteiger partial charge in [0, 0.05) is 6.54 Å². The molecule has 0 aliphatic rings. The molecule has 0 aliphatic carbocycles. The number of allylic oxidation sites excluding steroid dienone is 1. The second-order valence-electron chi connectivity index (χ2n) is 2.25. The molecule has 4 nitrogen and oxygen atoms in total. The summed E-state index contributed by atoms with van der Waals surface area (Å²) in [4.78, 5) is 10.8. The number of rotatable bonds is 3. The van der Waals surface area contributed by atoms with E-state index in [1.807, 2.05) is 0 Å². The van der Waals surface area contributed by atoms with Gasteiger partial charge in [0.2, 0.25) is 5.76 Å². The minimum atomic E-state index is -4.98. The van der Waals surface area contributed by atoms with Gasteiger partial charge >= 0.3 is 12.1 Å². The lowest BCUT2D eigenvalue weighted by Gasteiger charge is -2.10. The fraction of sp³-hybridized carbons (Fsp3) is 0.571. The van der Waals surface area contributed by atoms with Gasteiger partial charge in [0.1, 0.15) is 0 Å². The summed E-state index contributed by atoms with van der Waals surface area (Å²) in [5, 5.41) is 8.62. The van der Waals surface area contributed by atoms with E-state index in [9.17, 15) is 18.0 Å². The Labute approximate surface area is 78.1 Å². The van der Waals surface area contributed by atoms with E-state index in [0.29, 0.717) is 0 Å². The zero-order chi connectivity index (χ0) is 11.4. The summed E-state index contributed by atoms with van der Waals surface area (Å²) in [5.41, 5.74) is 3.91. The summed E-state index contributed by atoms with van der Waals surface area (Å²) >= 11 is 0. The van der Waals surface area contributed by atoms with Crippen LogP contribution in [0.15, 0.2) is 11.3 Å². The van der Waals surface area contributed by atoms with Gasteiger partial charge in [0.05, 0.1) is 12.2 Å². The third-order valence-corrected chi connectivity index (χ3v) is 1.28. The molecule has 0 atom stereocenters.